The number of carbonyl (C=O) groups excluding carboxylic acids is 1. The zero-order chi connectivity index (χ0) is 10.2. The lowest BCUT2D eigenvalue weighted by Gasteiger charge is -2.14. The second-order valence-corrected chi connectivity index (χ2v) is 3.79. The van der Waals surface area contributed by atoms with Crippen LogP contribution in [0.1, 0.15) is 25.7 Å². The molecule has 4 nitrogen and oxygen atoms in total. The van der Waals surface area contributed by atoms with Gasteiger partial charge in [-0.3, -0.25) is 4.79 Å². The Kier molecular flexibility index (Phi) is 5.56. The van der Waals surface area contributed by atoms with Crippen molar-refractivity contribution < 1.29 is 4.79 Å². The molecule has 0 aromatic carbocycles. The summed E-state index contributed by atoms with van der Waals surface area (Å²) < 4.78 is 0. The fourth-order valence-corrected chi connectivity index (χ4v) is 1.71. The Labute approximate surface area is 85.8 Å². The average Bonchev–Trinajstić information content (AvgIpc) is 2.67. The van der Waals surface area contributed by atoms with Gasteiger partial charge >= 0.3 is 0 Å². The van der Waals surface area contributed by atoms with Crippen LogP contribution in [0.4, 0.5) is 0 Å². The Morgan fingerprint density at radius 2 is 2.07 bits per heavy atom. The molecule has 0 radical (unpaired) electrons. The Morgan fingerprint density at radius 3 is 2.71 bits per heavy atom. The van der Waals surface area contributed by atoms with Crippen LogP contribution in [0.2, 0.25) is 0 Å². The Morgan fingerprint density at radius 1 is 1.36 bits per heavy atom. The molecule has 1 heterocycles. The molecule has 1 rings (SSSR count). The molecule has 14 heavy (non-hydrogen) atoms. The predicted octanol–water partition coefficient (Wildman–Crippen LogP) is -0.0627. The summed E-state index contributed by atoms with van der Waals surface area (Å²) in [6.07, 6.45) is 3.97. The minimum atomic E-state index is 0.134. The van der Waals surface area contributed by atoms with Gasteiger partial charge in [0.25, 0.3) is 0 Å². The second kappa shape index (κ2) is 6.79. The summed E-state index contributed by atoms with van der Waals surface area (Å²) in [4.78, 5) is 13.6. The van der Waals surface area contributed by atoms with Crippen molar-refractivity contribution >= 4 is 5.91 Å². The minimum Gasteiger partial charge on any atom is -0.355 e. The van der Waals surface area contributed by atoms with Crippen molar-refractivity contribution in [2.45, 2.75) is 25.7 Å². The maximum Gasteiger partial charge on any atom is 0.220 e. The molecule has 1 fully saturated rings. The van der Waals surface area contributed by atoms with E-state index in [2.05, 4.69) is 10.2 Å². The summed E-state index contributed by atoms with van der Waals surface area (Å²) in [5.41, 5.74) is 5.32. The van der Waals surface area contributed by atoms with Crippen LogP contribution in [0.5, 0.6) is 0 Å². The van der Waals surface area contributed by atoms with Crippen molar-refractivity contribution in [2.24, 2.45) is 5.73 Å². The van der Waals surface area contributed by atoms with Crippen LogP contribution in [0.15, 0.2) is 0 Å². The largest absolute Gasteiger partial charge is 0.355 e. The summed E-state index contributed by atoms with van der Waals surface area (Å²) in [6, 6.07) is 0. The molecule has 0 atom stereocenters. The molecule has 4 heteroatoms. The molecule has 1 aliphatic heterocycles. The fourth-order valence-electron chi connectivity index (χ4n) is 1.71. The van der Waals surface area contributed by atoms with Crippen molar-refractivity contribution in [3.63, 3.8) is 0 Å². The summed E-state index contributed by atoms with van der Waals surface area (Å²) in [5, 5.41) is 2.91. The topological polar surface area (TPSA) is 58.4 Å². The van der Waals surface area contributed by atoms with Crippen LogP contribution in [0.25, 0.3) is 0 Å². The average molecular weight is 199 g/mol. The van der Waals surface area contributed by atoms with Gasteiger partial charge in [-0.15, -0.1) is 0 Å². The Hall–Kier alpha value is -0.610. The van der Waals surface area contributed by atoms with Crippen LogP contribution < -0.4 is 11.1 Å². The van der Waals surface area contributed by atoms with E-state index < -0.39 is 0 Å². The van der Waals surface area contributed by atoms with Gasteiger partial charge in [0.1, 0.15) is 0 Å². The molecule has 0 saturated carbocycles. The van der Waals surface area contributed by atoms with E-state index in [9.17, 15) is 4.79 Å². The molecule has 1 saturated heterocycles. The van der Waals surface area contributed by atoms with Gasteiger partial charge in [-0.05, 0) is 38.9 Å². The third-order valence-corrected chi connectivity index (χ3v) is 2.56. The molecule has 1 amide bonds. The first-order valence-corrected chi connectivity index (χ1v) is 5.52. The number of nitrogens with one attached hydrogen (secondary N) is 1. The van der Waals surface area contributed by atoms with Gasteiger partial charge in [-0.25, -0.2) is 0 Å². The number of amides is 1. The molecule has 0 aliphatic carbocycles. The fraction of sp³-hybridized carbons (Fsp3) is 0.900. The molecule has 0 spiro atoms. The third-order valence-electron chi connectivity index (χ3n) is 2.56. The van der Waals surface area contributed by atoms with E-state index in [-0.39, 0.29) is 5.91 Å². The Bertz CT molecular complexity index is 167. The summed E-state index contributed by atoms with van der Waals surface area (Å²) in [7, 11) is 0. The van der Waals surface area contributed by atoms with E-state index in [0.717, 1.165) is 19.5 Å². The van der Waals surface area contributed by atoms with Gasteiger partial charge in [-0.2, -0.15) is 0 Å². The molecular formula is C10H21N3O. The lowest BCUT2D eigenvalue weighted by Crippen LogP contribution is -2.33. The molecule has 1 aliphatic rings. The molecule has 0 unspecified atom stereocenters. The lowest BCUT2D eigenvalue weighted by atomic mass is 10.3. The van der Waals surface area contributed by atoms with Crippen LogP contribution in [-0.2, 0) is 4.79 Å². The summed E-state index contributed by atoms with van der Waals surface area (Å²) >= 11 is 0. The van der Waals surface area contributed by atoms with Gasteiger partial charge in [0.15, 0.2) is 0 Å². The van der Waals surface area contributed by atoms with Crippen molar-refractivity contribution in [3.05, 3.63) is 0 Å². The molecule has 0 bridgehead atoms. The third kappa shape index (κ3) is 4.58. The lowest BCUT2D eigenvalue weighted by molar-refractivity contribution is -0.121. The molecule has 3 N–H and O–H groups in total. The Balaban J connectivity index is 1.94. The van der Waals surface area contributed by atoms with Crippen molar-refractivity contribution in [2.75, 3.05) is 32.7 Å². The molecular weight excluding hydrogens is 178 g/mol. The van der Waals surface area contributed by atoms with Gasteiger partial charge in [0.2, 0.25) is 5.91 Å². The number of hydrogen-bond acceptors (Lipinski definition) is 3. The zero-order valence-electron chi connectivity index (χ0n) is 8.80. The smallest absolute Gasteiger partial charge is 0.220 e. The maximum atomic E-state index is 11.2. The zero-order valence-corrected chi connectivity index (χ0v) is 8.80. The summed E-state index contributed by atoms with van der Waals surface area (Å²) in [5.74, 6) is 0.134. The molecule has 0 aromatic heterocycles. The quantitative estimate of drug-likeness (QED) is 0.630. The molecule has 0 aromatic rings. The number of nitrogens with zero attached hydrogens (tertiary/aromatic N) is 1. The maximum absolute atomic E-state index is 11.2. The van der Waals surface area contributed by atoms with E-state index in [1.54, 1.807) is 0 Å². The van der Waals surface area contributed by atoms with Gasteiger partial charge in [0, 0.05) is 19.5 Å². The first kappa shape index (κ1) is 11.5. The highest BCUT2D eigenvalue weighted by molar-refractivity contribution is 5.75. The standard InChI is InChI=1S/C10H21N3O/c11-5-3-4-10(14)12-6-9-13-7-1-2-8-13/h1-9,11H2,(H,12,14). The first-order valence-electron chi connectivity index (χ1n) is 5.52. The highest BCUT2D eigenvalue weighted by Crippen LogP contribution is 2.05. The predicted molar refractivity (Wildman–Crippen MR) is 57.0 cm³/mol. The molecule has 82 valence electrons. The number of likely N-dealkylation sites (tertiary alicyclic amines) is 1. The number of hydrogen-bond donors (Lipinski definition) is 2. The van der Waals surface area contributed by atoms with Crippen molar-refractivity contribution in [3.8, 4) is 0 Å². The van der Waals surface area contributed by atoms with E-state index in [0.29, 0.717) is 13.0 Å². The number of nitrogens with two attached hydrogens (primary N) is 1. The van der Waals surface area contributed by atoms with E-state index in [1.807, 2.05) is 0 Å². The second-order valence-electron chi connectivity index (χ2n) is 3.79. The normalized spacial score (nSPS) is 17.2. The van der Waals surface area contributed by atoms with Gasteiger partial charge in [-0.1, -0.05) is 0 Å². The monoisotopic (exact) mass is 199 g/mol. The minimum absolute atomic E-state index is 0.134. The van der Waals surface area contributed by atoms with Crippen molar-refractivity contribution in [1.82, 2.24) is 10.2 Å². The van der Waals surface area contributed by atoms with E-state index in [1.165, 1.54) is 25.9 Å². The van der Waals surface area contributed by atoms with Gasteiger partial charge in [0.05, 0.1) is 0 Å². The highest BCUT2D eigenvalue weighted by atomic mass is 16.1. The first-order chi connectivity index (χ1) is 6.83. The van der Waals surface area contributed by atoms with E-state index in [4.69, 9.17) is 5.73 Å². The highest BCUT2D eigenvalue weighted by Gasteiger charge is 2.10. The van der Waals surface area contributed by atoms with Crippen LogP contribution >= 0.6 is 0 Å². The van der Waals surface area contributed by atoms with Gasteiger partial charge < -0.3 is 16.0 Å². The van der Waals surface area contributed by atoms with Crippen molar-refractivity contribution in [1.29, 1.82) is 0 Å². The van der Waals surface area contributed by atoms with Crippen LogP contribution in [-0.4, -0.2) is 43.5 Å². The number of rotatable bonds is 6. The van der Waals surface area contributed by atoms with Crippen LogP contribution in [0, 0.1) is 0 Å². The number of carbonyl (C=O) groups is 1. The van der Waals surface area contributed by atoms with E-state index >= 15 is 0 Å². The van der Waals surface area contributed by atoms with Crippen LogP contribution in [0.3, 0.4) is 0 Å². The summed E-state index contributed by atoms with van der Waals surface area (Å²) in [6.45, 7) is 4.76. The SMILES string of the molecule is NCCCC(=O)NCCN1CCCC1.